The summed E-state index contributed by atoms with van der Waals surface area (Å²) in [5, 5.41) is 0. The van der Waals surface area contributed by atoms with Gasteiger partial charge in [0.25, 0.3) is 0 Å². The van der Waals surface area contributed by atoms with Gasteiger partial charge in [-0.25, -0.2) is 4.79 Å². The highest BCUT2D eigenvalue weighted by Crippen LogP contribution is 2.17. The molecule has 0 aromatic heterocycles. The summed E-state index contributed by atoms with van der Waals surface area (Å²) in [4.78, 5) is 13.1. The van der Waals surface area contributed by atoms with E-state index < -0.39 is 0 Å². The van der Waals surface area contributed by atoms with E-state index in [1.54, 1.807) is 4.90 Å². The predicted molar refractivity (Wildman–Crippen MR) is 60.2 cm³/mol. The first-order valence-corrected chi connectivity index (χ1v) is 4.95. The highest BCUT2D eigenvalue weighted by atomic mass is 16.6. The lowest BCUT2D eigenvalue weighted by Crippen LogP contribution is -2.23. The first kappa shape index (κ1) is 10.3. The summed E-state index contributed by atoms with van der Waals surface area (Å²) < 4.78 is 4.99. The van der Waals surface area contributed by atoms with Crippen LogP contribution in [-0.2, 0) is 11.3 Å². The van der Waals surface area contributed by atoms with Gasteiger partial charge in [0.2, 0.25) is 0 Å². The summed E-state index contributed by atoms with van der Waals surface area (Å²) in [5.74, 6) is 2.88. The lowest BCUT2D eigenvalue weighted by atomic mass is 10.2. The second kappa shape index (κ2) is 4.54. The Kier molecular flexibility index (Phi) is 2.93. The number of allylic oxidation sites excluding steroid dienone is 1. The molecule has 1 aromatic carbocycles. The number of carbonyl (C=O) groups is 1. The molecule has 0 spiro atoms. The Balaban J connectivity index is 2.05. The normalized spacial score (nSPS) is 17.3. The average molecular weight is 213 g/mol. The minimum Gasteiger partial charge on any atom is -0.412 e. The SMILES string of the molecule is C#C/C=C1\CN(Cc2ccccc2)C(=O)O1. The van der Waals surface area contributed by atoms with Crippen molar-refractivity contribution < 1.29 is 9.53 Å². The maximum Gasteiger partial charge on any atom is 0.415 e. The van der Waals surface area contributed by atoms with E-state index >= 15 is 0 Å². The van der Waals surface area contributed by atoms with E-state index in [9.17, 15) is 4.79 Å². The van der Waals surface area contributed by atoms with Gasteiger partial charge in [-0.1, -0.05) is 36.3 Å². The summed E-state index contributed by atoms with van der Waals surface area (Å²) in [6.07, 6.45) is 6.25. The number of benzene rings is 1. The topological polar surface area (TPSA) is 29.5 Å². The van der Waals surface area contributed by atoms with Crippen LogP contribution in [0, 0.1) is 12.3 Å². The van der Waals surface area contributed by atoms with Crippen molar-refractivity contribution in [3.05, 3.63) is 47.7 Å². The molecule has 2 rings (SSSR count). The first-order valence-electron chi connectivity index (χ1n) is 4.95. The van der Waals surface area contributed by atoms with Gasteiger partial charge >= 0.3 is 6.09 Å². The van der Waals surface area contributed by atoms with E-state index in [1.165, 1.54) is 6.08 Å². The number of terminal acetylenes is 1. The van der Waals surface area contributed by atoms with E-state index in [0.717, 1.165) is 5.56 Å². The zero-order valence-corrected chi connectivity index (χ0v) is 8.72. The number of hydrogen-bond donors (Lipinski definition) is 0. The van der Waals surface area contributed by atoms with Gasteiger partial charge in [-0.05, 0) is 5.56 Å². The van der Waals surface area contributed by atoms with Crippen molar-refractivity contribution in [2.24, 2.45) is 0 Å². The molecule has 1 heterocycles. The van der Waals surface area contributed by atoms with E-state index in [1.807, 2.05) is 30.3 Å². The van der Waals surface area contributed by atoms with Gasteiger partial charge in [0, 0.05) is 12.6 Å². The Morgan fingerprint density at radius 1 is 1.44 bits per heavy atom. The third-order valence-corrected chi connectivity index (χ3v) is 2.28. The third kappa shape index (κ3) is 2.23. The van der Waals surface area contributed by atoms with Crippen LogP contribution in [0.25, 0.3) is 0 Å². The molecule has 1 aliphatic heterocycles. The van der Waals surface area contributed by atoms with Crippen molar-refractivity contribution in [2.45, 2.75) is 6.54 Å². The van der Waals surface area contributed by atoms with Crippen LogP contribution < -0.4 is 0 Å². The molecule has 16 heavy (non-hydrogen) atoms. The third-order valence-electron chi connectivity index (χ3n) is 2.28. The Bertz CT molecular complexity index is 457. The van der Waals surface area contributed by atoms with Crippen LogP contribution in [0.4, 0.5) is 4.79 Å². The molecule has 1 aromatic rings. The van der Waals surface area contributed by atoms with Gasteiger partial charge in [-0.2, -0.15) is 0 Å². The molecule has 1 saturated heterocycles. The Morgan fingerprint density at radius 3 is 2.88 bits per heavy atom. The monoisotopic (exact) mass is 213 g/mol. The quantitative estimate of drug-likeness (QED) is 0.704. The largest absolute Gasteiger partial charge is 0.415 e. The standard InChI is InChI=1S/C13H11NO2/c1-2-6-12-10-14(13(15)16-12)9-11-7-4-3-5-8-11/h1,3-8H,9-10H2/b12-6+. The van der Waals surface area contributed by atoms with Crippen molar-refractivity contribution >= 4 is 6.09 Å². The van der Waals surface area contributed by atoms with Crippen LogP contribution in [0.5, 0.6) is 0 Å². The Labute approximate surface area is 94.3 Å². The fourth-order valence-corrected chi connectivity index (χ4v) is 1.55. The molecule has 0 N–H and O–H groups in total. The van der Waals surface area contributed by atoms with Gasteiger partial charge in [-0.15, -0.1) is 6.42 Å². The minimum absolute atomic E-state index is 0.342. The van der Waals surface area contributed by atoms with Crippen LogP contribution in [0.2, 0.25) is 0 Å². The molecule has 1 amide bonds. The molecule has 3 nitrogen and oxygen atoms in total. The van der Waals surface area contributed by atoms with E-state index in [4.69, 9.17) is 11.2 Å². The molecule has 0 atom stereocenters. The average Bonchev–Trinajstić information content (AvgIpc) is 2.61. The number of amides is 1. The van der Waals surface area contributed by atoms with Gasteiger partial charge in [-0.3, -0.25) is 4.90 Å². The van der Waals surface area contributed by atoms with Crippen molar-refractivity contribution in [3.8, 4) is 12.3 Å². The van der Waals surface area contributed by atoms with Crippen LogP contribution in [0.15, 0.2) is 42.2 Å². The van der Waals surface area contributed by atoms with Gasteiger partial charge in [0.1, 0.15) is 5.76 Å². The molecule has 1 aliphatic rings. The van der Waals surface area contributed by atoms with Crippen molar-refractivity contribution in [3.63, 3.8) is 0 Å². The number of hydrogen-bond acceptors (Lipinski definition) is 2. The summed E-state index contributed by atoms with van der Waals surface area (Å²) >= 11 is 0. The first-order chi connectivity index (χ1) is 7.79. The Hall–Kier alpha value is -2.21. The molecule has 80 valence electrons. The van der Waals surface area contributed by atoms with Crippen LogP contribution >= 0.6 is 0 Å². The van der Waals surface area contributed by atoms with Crippen LogP contribution in [0.1, 0.15) is 5.56 Å². The lowest BCUT2D eigenvalue weighted by Gasteiger charge is -2.11. The molecular formula is C13H11NO2. The molecule has 0 saturated carbocycles. The number of cyclic esters (lactones) is 1. The van der Waals surface area contributed by atoms with Gasteiger partial charge in [0.15, 0.2) is 0 Å². The second-order valence-corrected chi connectivity index (χ2v) is 3.49. The van der Waals surface area contributed by atoms with Crippen LogP contribution in [0.3, 0.4) is 0 Å². The highest BCUT2D eigenvalue weighted by molar-refractivity contribution is 5.72. The zero-order chi connectivity index (χ0) is 11.4. The van der Waals surface area contributed by atoms with Crippen LogP contribution in [-0.4, -0.2) is 17.5 Å². The van der Waals surface area contributed by atoms with Gasteiger partial charge in [0.05, 0.1) is 6.54 Å². The van der Waals surface area contributed by atoms with Crippen molar-refractivity contribution in [2.75, 3.05) is 6.54 Å². The summed E-state index contributed by atoms with van der Waals surface area (Å²) in [5.41, 5.74) is 1.07. The minimum atomic E-state index is -0.342. The molecule has 0 aliphatic carbocycles. The lowest BCUT2D eigenvalue weighted by molar-refractivity contribution is 0.167. The fourth-order valence-electron chi connectivity index (χ4n) is 1.55. The van der Waals surface area contributed by atoms with Crippen molar-refractivity contribution in [1.82, 2.24) is 4.90 Å². The summed E-state index contributed by atoms with van der Waals surface area (Å²) in [7, 11) is 0. The number of rotatable bonds is 2. The molecular weight excluding hydrogens is 202 g/mol. The number of ether oxygens (including phenoxy) is 1. The fraction of sp³-hybridized carbons (Fsp3) is 0.154. The maximum absolute atomic E-state index is 11.5. The molecule has 3 heteroatoms. The summed E-state index contributed by atoms with van der Waals surface area (Å²) in [6.45, 7) is 0.986. The van der Waals surface area contributed by atoms with Gasteiger partial charge < -0.3 is 4.74 Å². The van der Waals surface area contributed by atoms with E-state index in [0.29, 0.717) is 18.8 Å². The van der Waals surface area contributed by atoms with E-state index in [-0.39, 0.29) is 6.09 Å². The molecule has 0 radical (unpaired) electrons. The molecule has 0 bridgehead atoms. The maximum atomic E-state index is 11.5. The zero-order valence-electron chi connectivity index (χ0n) is 8.72. The van der Waals surface area contributed by atoms with Crippen molar-refractivity contribution in [1.29, 1.82) is 0 Å². The van der Waals surface area contributed by atoms with E-state index in [2.05, 4.69) is 5.92 Å². The molecule has 0 unspecified atom stereocenters. The smallest absolute Gasteiger partial charge is 0.412 e. The molecule has 1 fully saturated rings. The summed E-state index contributed by atoms with van der Waals surface area (Å²) in [6, 6.07) is 9.76. The highest BCUT2D eigenvalue weighted by Gasteiger charge is 2.26. The number of nitrogens with zero attached hydrogens (tertiary/aromatic N) is 1. The Morgan fingerprint density at radius 2 is 2.19 bits per heavy atom. The second-order valence-electron chi connectivity index (χ2n) is 3.49. The number of carbonyl (C=O) groups excluding carboxylic acids is 1. The predicted octanol–water partition coefficient (Wildman–Crippen LogP) is 2.16.